The number of rotatable bonds is 5. The summed E-state index contributed by atoms with van der Waals surface area (Å²) in [4.78, 5) is 11.7. The van der Waals surface area contributed by atoms with Crippen LogP contribution in [0.15, 0.2) is 12.3 Å². The molecule has 1 amide bonds. The van der Waals surface area contributed by atoms with Crippen molar-refractivity contribution in [2.24, 2.45) is 18.2 Å². The Balaban J connectivity index is 2.47. The Bertz CT molecular complexity index is 357. The summed E-state index contributed by atoms with van der Waals surface area (Å²) in [5, 5.41) is 6.90. The third-order valence-electron chi connectivity index (χ3n) is 2.49. The Hall–Kier alpha value is -1.36. The van der Waals surface area contributed by atoms with Gasteiger partial charge in [0.2, 0.25) is 0 Å². The largest absolute Gasteiger partial charge is 0.350 e. The second kappa shape index (κ2) is 5.12. The average Bonchev–Trinajstić information content (AvgIpc) is 2.61. The van der Waals surface area contributed by atoms with Gasteiger partial charge in [-0.15, -0.1) is 0 Å². The first kappa shape index (κ1) is 12.7. The van der Waals surface area contributed by atoms with Gasteiger partial charge in [-0.3, -0.25) is 9.48 Å². The van der Waals surface area contributed by atoms with Crippen molar-refractivity contribution in [2.45, 2.75) is 20.3 Å². The second-order valence-corrected chi connectivity index (χ2v) is 4.76. The standard InChI is InChI=1S/C11H20N4O/c1-11(2,5-6-12)8-13-10(16)9-4-7-15(3)14-9/h4,7H,5-6,8,12H2,1-3H3,(H,13,16). The van der Waals surface area contributed by atoms with Crippen LogP contribution < -0.4 is 11.1 Å². The van der Waals surface area contributed by atoms with Crippen molar-refractivity contribution in [3.63, 3.8) is 0 Å². The van der Waals surface area contributed by atoms with E-state index in [9.17, 15) is 4.79 Å². The first-order valence-corrected chi connectivity index (χ1v) is 5.42. The maximum Gasteiger partial charge on any atom is 0.271 e. The summed E-state index contributed by atoms with van der Waals surface area (Å²) in [7, 11) is 1.79. The van der Waals surface area contributed by atoms with Gasteiger partial charge in [0.25, 0.3) is 5.91 Å². The van der Waals surface area contributed by atoms with E-state index in [0.29, 0.717) is 18.8 Å². The lowest BCUT2D eigenvalue weighted by Crippen LogP contribution is -2.35. The van der Waals surface area contributed by atoms with Crippen LogP contribution in [0.25, 0.3) is 0 Å². The molecular weight excluding hydrogens is 204 g/mol. The fraction of sp³-hybridized carbons (Fsp3) is 0.636. The van der Waals surface area contributed by atoms with Crippen molar-refractivity contribution in [3.8, 4) is 0 Å². The molecular formula is C11H20N4O. The van der Waals surface area contributed by atoms with Crippen LogP contribution in [-0.2, 0) is 7.05 Å². The van der Waals surface area contributed by atoms with E-state index < -0.39 is 0 Å². The predicted molar refractivity (Wildman–Crippen MR) is 63.0 cm³/mol. The number of aromatic nitrogens is 2. The smallest absolute Gasteiger partial charge is 0.271 e. The molecule has 0 fully saturated rings. The molecule has 5 heteroatoms. The number of hydrogen-bond acceptors (Lipinski definition) is 3. The molecule has 16 heavy (non-hydrogen) atoms. The first-order chi connectivity index (χ1) is 7.44. The predicted octanol–water partition coefficient (Wildman–Crippen LogP) is 0.525. The number of nitrogens with two attached hydrogens (primary N) is 1. The molecule has 0 aromatic carbocycles. The zero-order valence-electron chi connectivity index (χ0n) is 10.2. The molecule has 0 bridgehead atoms. The molecule has 1 rings (SSSR count). The van der Waals surface area contributed by atoms with Crippen molar-refractivity contribution < 1.29 is 4.79 Å². The summed E-state index contributed by atoms with van der Waals surface area (Å²) in [5.74, 6) is -0.134. The monoisotopic (exact) mass is 224 g/mol. The number of carbonyl (C=O) groups excluding carboxylic acids is 1. The van der Waals surface area contributed by atoms with Crippen LogP contribution in [-0.4, -0.2) is 28.8 Å². The maximum atomic E-state index is 11.7. The quantitative estimate of drug-likeness (QED) is 0.766. The van der Waals surface area contributed by atoms with E-state index in [0.717, 1.165) is 6.42 Å². The van der Waals surface area contributed by atoms with Crippen molar-refractivity contribution in [3.05, 3.63) is 18.0 Å². The molecule has 1 aromatic heterocycles. The molecule has 3 N–H and O–H groups in total. The zero-order valence-corrected chi connectivity index (χ0v) is 10.2. The Morgan fingerprint density at radius 3 is 2.81 bits per heavy atom. The average molecular weight is 224 g/mol. The van der Waals surface area contributed by atoms with E-state index in [1.807, 2.05) is 0 Å². The van der Waals surface area contributed by atoms with E-state index in [1.165, 1.54) is 0 Å². The minimum atomic E-state index is -0.134. The van der Waals surface area contributed by atoms with Crippen LogP contribution in [0.5, 0.6) is 0 Å². The highest BCUT2D eigenvalue weighted by Gasteiger charge is 2.18. The molecule has 1 aromatic rings. The summed E-state index contributed by atoms with van der Waals surface area (Å²) in [6.07, 6.45) is 2.63. The second-order valence-electron chi connectivity index (χ2n) is 4.76. The van der Waals surface area contributed by atoms with Crippen LogP contribution in [0.2, 0.25) is 0 Å². The van der Waals surface area contributed by atoms with E-state index in [1.54, 1.807) is 24.0 Å². The fourth-order valence-electron chi connectivity index (χ4n) is 1.43. The first-order valence-electron chi connectivity index (χ1n) is 5.42. The van der Waals surface area contributed by atoms with Crippen LogP contribution >= 0.6 is 0 Å². The minimum Gasteiger partial charge on any atom is -0.350 e. The summed E-state index contributed by atoms with van der Waals surface area (Å²) >= 11 is 0. The topological polar surface area (TPSA) is 72.9 Å². The molecule has 1 heterocycles. The van der Waals surface area contributed by atoms with Gasteiger partial charge in [0.1, 0.15) is 5.69 Å². The minimum absolute atomic E-state index is 0.0270. The molecule has 0 saturated carbocycles. The van der Waals surface area contributed by atoms with E-state index in [-0.39, 0.29) is 11.3 Å². The Labute approximate surface area is 96.0 Å². The van der Waals surface area contributed by atoms with Gasteiger partial charge in [0, 0.05) is 19.8 Å². The number of nitrogens with one attached hydrogen (secondary N) is 1. The number of hydrogen-bond donors (Lipinski definition) is 2. The summed E-state index contributed by atoms with van der Waals surface area (Å²) in [6, 6.07) is 1.70. The van der Waals surface area contributed by atoms with Gasteiger partial charge < -0.3 is 11.1 Å². The molecule has 0 aliphatic carbocycles. The highest BCUT2D eigenvalue weighted by Crippen LogP contribution is 2.17. The highest BCUT2D eigenvalue weighted by molar-refractivity contribution is 5.92. The van der Waals surface area contributed by atoms with E-state index >= 15 is 0 Å². The number of aryl methyl sites for hydroxylation is 1. The van der Waals surface area contributed by atoms with Crippen molar-refractivity contribution in [1.29, 1.82) is 0 Å². The molecule has 90 valence electrons. The van der Waals surface area contributed by atoms with Crippen molar-refractivity contribution in [2.75, 3.05) is 13.1 Å². The van der Waals surface area contributed by atoms with Gasteiger partial charge in [-0.1, -0.05) is 13.8 Å². The summed E-state index contributed by atoms with van der Waals surface area (Å²) < 4.78 is 1.61. The number of amides is 1. The zero-order chi connectivity index (χ0) is 12.2. The third-order valence-corrected chi connectivity index (χ3v) is 2.49. The summed E-state index contributed by atoms with van der Waals surface area (Å²) in [5.41, 5.74) is 5.98. The van der Waals surface area contributed by atoms with Crippen molar-refractivity contribution in [1.82, 2.24) is 15.1 Å². The molecule has 5 nitrogen and oxygen atoms in total. The Morgan fingerprint density at radius 1 is 1.62 bits per heavy atom. The molecule has 0 aliphatic heterocycles. The third kappa shape index (κ3) is 3.66. The van der Waals surface area contributed by atoms with Crippen LogP contribution in [0.4, 0.5) is 0 Å². The molecule has 0 atom stereocenters. The van der Waals surface area contributed by atoms with E-state index in [2.05, 4.69) is 24.3 Å². The van der Waals surface area contributed by atoms with Gasteiger partial charge in [-0.05, 0) is 24.4 Å². The Kier molecular flexibility index (Phi) is 4.06. The number of carbonyl (C=O) groups is 1. The van der Waals surface area contributed by atoms with Gasteiger partial charge in [0.15, 0.2) is 0 Å². The van der Waals surface area contributed by atoms with Gasteiger partial charge >= 0.3 is 0 Å². The SMILES string of the molecule is Cn1ccc(C(=O)NCC(C)(C)CCN)n1. The maximum absolute atomic E-state index is 11.7. The lowest BCUT2D eigenvalue weighted by Gasteiger charge is -2.23. The molecule has 0 spiro atoms. The lowest BCUT2D eigenvalue weighted by molar-refractivity contribution is 0.0929. The summed E-state index contributed by atoms with van der Waals surface area (Å²) in [6.45, 7) is 5.41. The van der Waals surface area contributed by atoms with Crippen LogP contribution in [0.1, 0.15) is 30.8 Å². The number of nitrogens with zero attached hydrogens (tertiary/aromatic N) is 2. The molecule has 0 radical (unpaired) electrons. The van der Waals surface area contributed by atoms with Gasteiger partial charge in [0.05, 0.1) is 0 Å². The van der Waals surface area contributed by atoms with Gasteiger partial charge in [-0.2, -0.15) is 5.10 Å². The molecule has 0 aliphatic rings. The molecule has 0 unspecified atom stereocenters. The Morgan fingerprint density at radius 2 is 2.31 bits per heavy atom. The highest BCUT2D eigenvalue weighted by atomic mass is 16.1. The van der Waals surface area contributed by atoms with Crippen LogP contribution in [0.3, 0.4) is 0 Å². The van der Waals surface area contributed by atoms with Crippen molar-refractivity contribution >= 4 is 5.91 Å². The lowest BCUT2D eigenvalue weighted by atomic mass is 9.89. The van der Waals surface area contributed by atoms with E-state index in [4.69, 9.17) is 5.73 Å². The van der Waals surface area contributed by atoms with Gasteiger partial charge in [-0.25, -0.2) is 0 Å². The molecule has 0 saturated heterocycles. The normalized spacial score (nSPS) is 11.5. The fourth-order valence-corrected chi connectivity index (χ4v) is 1.43. The van der Waals surface area contributed by atoms with Crippen LogP contribution in [0, 0.1) is 5.41 Å².